The fraction of sp³-hybridized carbons (Fsp3) is 0.625. The minimum absolute atomic E-state index is 0.0779. The Labute approximate surface area is 65.8 Å². The Balaban J connectivity index is 4.01. The van der Waals surface area contributed by atoms with Crippen molar-refractivity contribution in [1.82, 2.24) is 0 Å². The quantitative estimate of drug-likeness (QED) is 0.335. The lowest BCUT2D eigenvalue weighted by molar-refractivity contribution is -0.141. The van der Waals surface area contributed by atoms with E-state index in [0.29, 0.717) is 6.42 Å². The molecular weight excluding hydrogens is 144 g/mol. The fourth-order valence-corrected chi connectivity index (χ4v) is 0.865. The summed E-state index contributed by atoms with van der Waals surface area (Å²) in [5.41, 5.74) is 0. The van der Waals surface area contributed by atoms with E-state index in [2.05, 4.69) is 0 Å². The van der Waals surface area contributed by atoms with Crippen LogP contribution in [0.15, 0.2) is 0 Å². The highest BCUT2D eigenvalue weighted by Crippen LogP contribution is 2.05. The minimum atomic E-state index is -0.911. The molecule has 0 amide bonds. The highest BCUT2D eigenvalue weighted by molar-refractivity contribution is 6.58. The second-order valence-corrected chi connectivity index (χ2v) is 2.54. The smallest absolute Gasteiger partial charge is 0.261 e. The van der Waals surface area contributed by atoms with Crippen molar-refractivity contribution in [2.75, 3.05) is 0 Å². The Morgan fingerprint density at radius 1 is 1.45 bits per heavy atom. The number of ketones is 2. The molecule has 1 unspecified atom stereocenters. The maximum absolute atomic E-state index is 10.9. The van der Waals surface area contributed by atoms with Crippen molar-refractivity contribution < 1.29 is 14.4 Å². The fourth-order valence-electron chi connectivity index (χ4n) is 0.865. The number of carbonyl (C=O) groups excluding carboxylic acids is 3. The molecule has 0 aliphatic carbocycles. The van der Waals surface area contributed by atoms with Gasteiger partial charge in [0.2, 0.25) is 5.78 Å². The molecule has 0 spiro atoms. The lowest BCUT2D eigenvalue weighted by Gasteiger charge is -2.03. The third-order valence-corrected chi connectivity index (χ3v) is 1.52. The average molecular weight is 156 g/mol. The largest absolute Gasteiger partial charge is 0.294 e. The van der Waals surface area contributed by atoms with Gasteiger partial charge in [-0.2, -0.15) is 0 Å². The number of rotatable bonds is 5. The van der Waals surface area contributed by atoms with Crippen LogP contribution in [-0.4, -0.2) is 17.9 Å². The highest BCUT2D eigenvalue weighted by Gasteiger charge is 2.18. The SMILES string of the molecule is CCCC(C)C(=O)C(=O)C=O. The Hall–Kier alpha value is -0.990. The summed E-state index contributed by atoms with van der Waals surface area (Å²) in [6, 6.07) is 0. The van der Waals surface area contributed by atoms with E-state index in [0.717, 1.165) is 6.42 Å². The van der Waals surface area contributed by atoms with Crippen LogP contribution in [-0.2, 0) is 14.4 Å². The second kappa shape index (κ2) is 4.77. The maximum Gasteiger partial charge on any atom is 0.261 e. The molecule has 0 heterocycles. The average Bonchev–Trinajstić information content (AvgIpc) is 2.02. The van der Waals surface area contributed by atoms with E-state index >= 15 is 0 Å². The summed E-state index contributed by atoms with van der Waals surface area (Å²) >= 11 is 0. The molecule has 3 nitrogen and oxygen atoms in total. The van der Waals surface area contributed by atoms with E-state index < -0.39 is 11.6 Å². The van der Waals surface area contributed by atoms with E-state index in [1.807, 2.05) is 6.92 Å². The number of aldehydes is 1. The first-order valence-corrected chi connectivity index (χ1v) is 3.66. The summed E-state index contributed by atoms with van der Waals surface area (Å²) in [6.45, 7) is 3.59. The van der Waals surface area contributed by atoms with Gasteiger partial charge in [0.1, 0.15) is 0 Å². The lowest BCUT2D eigenvalue weighted by Crippen LogP contribution is -2.22. The van der Waals surface area contributed by atoms with Crippen LogP contribution in [0.2, 0.25) is 0 Å². The molecule has 0 saturated carbocycles. The molecule has 0 fully saturated rings. The summed E-state index contributed by atoms with van der Waals surface area (Å²) < 4.78 is 0. The molecule has 0 aromatic rings. The highest BCUT2D eigenvalue weighted by atomic mass is 16.2. The minimum Gasteiger partial charge on any atom is -0.294 e. The monoisotopic (exact) mass is 156 g/mol. The Bertz CT molecular complexity index is 172. The van der Waals surface area contributed by atoms with Crippen LogP contribution >= 0.6 is 0 Å². The molecule has 62 valence electrons. The van der Waals surface area contributed by atoms with Crippen molar-refractivity contribution in [1.29, 1.82) is 0 Å². The van der Waals surface area contributed by atoms with Gasteiger partial charge >= 0.3 is 0 Å². The second-order valence-electron chi connectivity index (χ2n) is 2.54. The summed E-state index contributed by atoms with van der Waals surface area (Å²) in [7, 11) is 0. The molecule has 11 heavy (non-hydrogen) atoms. The van der Waals surface area contributed by atoms with Crippen LogP contribution in [0.5, 0.6) is 0 Å². The van der Waals surface area contributed by atoms with Gasteiger partial charge in [-0.05, 0) is 6.42 Å². The van der Waals surface area contributed by atoms with Crippen LogP contribution in [0.1, 0.15) is 26.7 Å². The Kier molecular flexibility index (Phi) is 4.34. The van der Waals surface area contributed by atoms with Crippen molar-refractivity contribution in [3.63, 3.8) is 0 Å². The molecule has 0 aliphatic rings. The van der Waals surface area contributed by atoms with E-state index in [1.165, 1.54) is 0 Å². The van der Waals surface area contributed by atoms with Gasteiger partial charge in [0.15, 0.2) is 6.29 Å². The molecule has 0 N–H and O–H groups in total. The van der Waals surface area contributed by atoms with E-state index in [-0.39, 0.29) is 12.2 Å². The van der Waals surface area contributed by atoms with Gasteiger partial charge in [-0.3, -0.25) is 14.4 Å². The number of Topliss-reactive ketones (excluding diaryl/α,β-unsaturated/α-hetero) is 2. The molecular formula is C8H12O3. The standard InChI is InChI=1S/C8H12O3/c1-3-4-6(2)8(11)7(10)5-9/h5-6H,3-4H2,1-2H3. The molecule has 0 aromatic heterocycles. The van der Waals surface area contributed by atoms with Crippen molar-refractivity contribution in [2.24, 2.45) is 5.92 Å². The summed E-state index contributed by atoms with van der Waals surface area (Å²) in [5.74, 6) is -1.79. The third kappa shape index (κ3) is 3.07. The van der Waals surface area contributed by atoms with Crippen LogP contribution in [0.25, 0.3) is 0 Å². The number of hydrogen-bond acceptors (Lipinski definition) is 3. The normalized spacial score (nSPS) is 12.2. The van der Waals surface area contributed by atoms with Crippen LogP contribution < -0.4 is 0 Å². The van der Waals surface area contributed by atoms with Crippen molar-refractivity contribution >= 4 is 17.9 Å². The Morgan fingerprint density at radius 3 is 2.36 bits per heavy atom. The molecule has 0 bridgehead atoms. The van der Waals surface area contributed by atoms with Gasteiger partial charge in [0, 0.05) is 5.92 Å². The summed E-state index contributed by atoms with van der Waals surface area (Å²) in [5, 5.41) is 0. The first-order chi connectivity index (χ1) is 5.13. The van der Waals surface area contributed by atoms with E-state index in [4.69, 9.17) is 0 Å². The van der Waals surface area contributed by atoms with Crippen LogP contribution in [0, 0.1) is 5.92 Å². The maximum atomic E-state index is 10.9. The lowest BCUT2D eigenvalue weighted by atomic mass is 9.99. The zero-order valence-electron chi connectivity index (χ0n) is 6.79. The predicted octanol–water partition coefficient (Wildman–Crippen LogP) is 0.760. The van der Waals surface area contributed by atoms with Crippen LogP contribution in [0.3, 0.4) is 0 Å². The van der Waals surface area contributed by atoms with Crippen molar-refractivity contribution in [3.05, 3.63) is 0 Å². The first-order valence-electron chi connectivity index (χ1n) is 3.66. The molecule has 1 atom stereocenters. The van der Waals surface area contributed by atoms with Gasteiger partial charge in [0.05, 0.1) is 0 Å². The molecule has 3 heteroatoms. The van der Waals surface area contributed by atoms with Gasteiger partial charge in [-0.15, -0.1) is 0 Å². The molecule has 0 aromatic carbocycles. The van der Waals surface area contributed by atoms with Gasteiger partial charge in [0.25, 0.3) is 5.78 Å². The van der Waals surface area contributed by atoms with Gasteiger partial charge < -0.3 is 0 Å². The number of hydrogen-bond donors (Lipinski definition) is 0. The van der Waals surface area contributed by atoms with Gasteiger partial charge in [-0.25, -0.2) is 0 Å². The number of carbonyl (C=O) groups is 3. The summed E-state index contributed by atoms with van der Waals surface area (Å²) in [6.07, 6.45) is 1.59. The van der Waals surface area contributed by atoms with Gasteiger partial charge in [-0.1, -0.05) is 20.3 Å². The van der Waals surface area contributed by atoms with E-state index in [1.54, 1.807) is 6.92 Å². The first kappa shape index (κ1) is 10.0. The topological polar surface area (TPSA) is 51.2 Å². The molecule has 0 saturated heterocycles. The predicted molar refractivity (Wildman–Crippen MR) is 40.2 cm³/mol. The zero-order valence-corrected chi connectivity index (χ0v) is 6.79. The summed E-state index contributed by atoms with van der Waals surface area (Å²) in [4.78, 5) is 31.3. The van der Waals surface area contributed by atoms with Crippen molar-refractivity contribution in [3.8, 4) is 0 Å². The third-order valence-electron chi connectivity index (χ3n) is 1.52. The molecule has 0 aliphatic heterocycles. The van der Waals surface area contributed by atoms with Crippen molar-refractivity contribution in [2.45, 2.75) is 26.7 Å². The molecule has 0 rings (SSSR count). The van der Waals surface area contributed by atoms with Crippen LogP contribution in [0.4, 0.5) is 0 Å². The molecule has 0 radical (unpaired) electrons. The Morgan fingerprint density at radius 2 is 2.00 bits per heavy atom. The van der Waals surface area contributed by atoms with E-state index in [9.17, 15) is 14.4 Å². The zero-order chi connectivity index (χ0) is 8.85.